The van der Waals surface area contributed by atoms with Gasteiger partial charge in [0.1, 0.15) is 5.56 Å². The average Bonchev–Trinajstić information content (AvgIpc) is 2.46. The number of carboxylic acids is 1. The van der Waals surface area contributed by atoms with Gasteiger partial charge in [0.15, 0.2) is 0 Å². The van der Waals surface area contributed by atoms with E-state index in [-0.39, 0.29) is 17.6 Å². The standard InChI is InChI=1S/C14H19F3N4O3/c1-8(7-21-4-2-9(3-5-21)13(23)24)19-10-6-18-20-12(22)11(10)14(15,16)17/h6,8-9H,2-5,7H2,1H3,(H,23,24)(H2,19,20,22)/t8-/m1/s1. The summed E-state index contributed by atoms with van der Waals surface area (Å²) >= 11 is 0. The molecule has 0 unspecified atom stereocenters. The monoisotopic (exact) mass is 348 g/mol. The number of aromatic amines is 1. The minimum absolute atomic E-state index is 0.362. The Morgan fingerprint density at radius 2 is 2.12 bits per heavy atom. The van der Waals surface area contributed by atoms with Gasteiger partial charge in [-0.25, -0.2) is 5.10 Å². The number of carboxylic acid groups (broad SMARTS) is 1. The van der Waals surface area contributed by atoms with Crippen LogP contribution in [-0.4, -0.2) is 51.8 Å². The quantitative estimate of drug-likeness (QED) is 0.744. The molecule has 1 aromatic rings. The lowest BCUT2D eigenvalue weighted by Gasteiger charge is -2.32. The van der Waals surface area contributed by atoms with Crippen LogP contribution in [0.2, 0.25) is 0 Å². The Morgan fingerprint density at radius 3 is 2.67 bits per heavy atom. The Bertz CT molecular complexity index is 639. The van der Waals surface area contributed by atoms with E-state index in [0.717, 1.165) is 6.20 Å². The van der Waals surface area contributed by atoms with Crippen molar-refractivity contribution in [2.45, 2.75) is 32.0 Å². The molecular formula is C14H19F3N4O3. The predicted octanol–water partition coefficient (Wildman–Crippen LogP) is 1.39. The van der Waals surface area contributed by atoms with E-state index in [1.807, 2.05) is 4.90 Å². The van der Waals surface area contributed by atoms with Gasteiger partial charge in [0.2, 0.25) is 0 Å². The molecule has 0 amide bonds. The maximum absolute atomic E-state index is 13.0. The summed E-state index contributed by atoms with van der Waals surface area (Å²) in [4.78, 5) is 24.3. The SMILES string of the molecule is C[C@H](CN1CCC(C(=O)O)CC1)Nc1cn[nH]c(=O)c1C(F)(F)F. The number of rotatable bonds is 5. The number of nitrogens with zero attached hydrogens (tertiary/aromatic N) is 2. The Labute approximate surface area is 135 Å². The van der Waals surface area contributed by atoms with Crippen molar-refractivity contribution in [3.05, 3.63) is 22.1 Å². The van der Waals surface area contributed by atoms with Crippen LogP contribution in [0.4, 0.5) is 18.9 Å². The number of halogens is 3. The predicted molar refractivity (Wildman–Crippen MR) is 79.7 cm³/mol. The first-order chi connectivity index (χ1) is 11.2. The van der Waals surface area contributed by atoms with E-state index < -0.39 is 23.3 Å². The van der Waals surface area contributed by atoms with Crippen molar-refractivity contribution in [2.24, 2.45) is 5.92 Å². The first kappa shape index (κ1) is 18.2. The van der Waals surface area contributed by atoms with Crippen LogP contribution in [0, 0.1) is 5.92 Å². The first-order valence-electron chi connectivity index (χ1n) is 7.55. The maximum atomic E-state index is 13.0. The van der Waals surface area contributed by atoms with E-state index in [1.54, 1.807) is 12.0 Å². The third-order valence-electron chi connectivity index (χ3n) is 4.01. The van der Waals surface area contributed by atoms with Crippen molar-refractivity contribution in [3.8, 4) is 0 Å². The number of piperidine rings is 1. The lowest BCUT2D eigenvalue weighted by atomic mass is 9.97. The summed E-state index contributed by atoms with van der Waals surface area (Å²) in [5.74, 6) is -1.18. The van der Waals surface area contributed by atoms with Gasteiger partial charge in [-0.3, -0.25) is 9.59 Å². The van der Waals surface area contributed by atoms with E-state index in [4.69, 9.17) is 5.11 Å². The molecule has 1 fully saturated rings. The highest BCUT2D eigenvalue weighted by molar-refractivity contribution is 5.70. The molecule has 1 atom stereocenters. The number of carbonyl (C=O) groups is 1. The van der Waals surface area contributed by atoms with Crippen LogP contribution >= 0.6 is 0 Å². The van der Waals surface area contributed by atoms with Crippen molar-refractivity contribution in [2.75, 3.05) is 25.0 Å². The van der Waals surface area contributed by atoms with Crippen molar-refractivity contribution in [3.63, 3.8) is 0 Å². The van der Waals surface area contributed by atoms with Gasteiger partial charge < -0.3 is 15.3 Å². The first-order valence-corrected chi connectivity index (χ1v) is 7.55. The van der Waals surface area contributed by atoms with Crippen LogP contribution in [0.15, 0.2) is 11.0 Å². The molecule has 0 bridgehead atoms. The summed E-state index contributed by atoms with van der Waals surface area (Å²) in [6.45, 7) is 3.28. The van der Waals surface area contributed by atoms with Crippen molar-refractivity contribution in [1.29, 1.82) is 0 Å². The fraction of sp³-hybridized carbons (Fsp3) is 0.643. The molecular weight excluding hydrogens is 329 g/mol. The number of aromatic nitrogens is 2. The van der Waals surface area contributed by atoms with E-state index >= 15 is 0 Å². The zero-order valence-electron chi connectivity index (χ0n) is 13.1. The number of nitrogens with one attached hydrogen (secondary N) is 2. The molecule has 1 aliphatic rings. The van der Waals surface area contributed by atoms with Crippen LogP contribution in [0.1, 0.15) is 25.3 Å². The fourth-order valence-corrected chi connectivity index (χ4v) is 2.85. The second-order valence-electron chi connectivity index (χ2n) is 5.94. The zero-order valence-corrected chi connectivity index (χ0v) is 13.1. The average molecular weight is 348 g/mol. The zero-order chi connectivity index (χ0) is 17.9. The largest absolute Gasteiger partial charge is 0.481 e. The summed E-state index contributed by atoms with van der Waals surface area (Å²) in [6.07, 6.45) is -2.80. The molecule has 10 heteroatoms. The van der Waals surface area contributed by atoms with Gasteiger partial charge in [0.05, 0.1) is 17.8 Å². The van der Waals surface area contributed by atoms with E-state index in [9.17, 15) is 22.8 Å². The van der Waals surface area contributed by atoms with E-state index in [1.165, 1.54) is 0 Å². The third kappa shape index (κ3) is 4.47. The Kier molecular flexibility index (Phi) is 5.47. The van der Waals surface area contributed by atoms with Gasteiger partial charge in [-0.1, -0.05) is 0 Å². The molecule has 2 rings (SSSR count). The lowest BCUT2D eigenvalue weighted by molar-refractivity contribution is -0.143. The molecule has 3 N–H and O–H groups in total. The van der Waals surface area contributed by atoms with Crippen molar-refractivity contribution in [1.82, 2.24) is 15.1 Å². The van der Waals surface area contributed by atoms with Gasteiger partial charge >= 0.3 is 12.1 Å². The highest BCUT2D eigenvalue weighted by atomic mass is 19.4. The summed E-state index contributed by atoms with van der Waals surface area (Å²) in [5, 5.41) is 16.8. The third-order valence-corrected chi connectivity index (χ3v) is 4.01. The second-order valence-corrected chi connectivity index (χ2v) is 5.94. The van der Waals surface area contributed by atoms with Crippen LogP contribution < -0.4 is 10.9 Å². The van der Waals surface area contributed by atoms with E-state index in [2.05, 4.69) is 10.4 Å². The fourth-order valence-electron chi connectivity index (χ4n) is 2.85. The Morgan fingerprint density at radius 1 is 1.50 bits per heavy atom. The van der Waals surface area contributed by atoms with Crippen molar-refractivity contribution >= 4 is 11.7 Å². The minimum atomic E-state index is -4.78. The smallest absolute Gasteiger partial charge is 0.423 e. The van der Waals surface area contributed by atoms with Crippen LogP contribution in [0.25, 0.3) is 0 Å². The topological polar surface area (TPSA) is 98.3 Å². The molecule has 0 aliphatic carbocycles. The Hall–Kier alpha value is -2.10. The summed E-state index contributed by atoms with van der Waals surface area (Å²) < 4.78 is 38.9. The van der Waals surface area contributed by atoms with Crippen LogP contribution in [-0.2, 0) is 11.0 Å². The van der Waals surface area contributed by atoms with Gasteiger partial charge in [-0.15, -0.1) is 0 Å². The molecule has 24 heavy (non-hydrogen) atoms. The number of likely N-dealkylation sites (tertiary alicyclic amines) is 1. The maximum Gasteiger partial charge on any atom is 0.423 e. The van der Waals surface area contributed by atoms with E-state index in [0.29, 0.717) is 32.5 Å². The number of hydrogen-bond donors (Lipinski definition) is 3. The van der Waals surface area contributed by atoms with Gasteiger partial charge in [0, 0.05) is 12.6 Å². The number of H-pyrrole nitrogens is 1. The highest BCUT2D eigenvalue weighted by Crippen LogP contribution is 2.31. The van der Waals surface area contributed by atoms with Crippen LogP contribution in [0.5, 0.6) is 0 Å². The number of hydrogen-bond acceptors (Lipinski definition) is 5. The molecule has 1 aromatic heterocycles. The van der Waals surface area contributed by atoms with Gasteiger partial charge in [-0.2, -0.15) is 18.3 Å². The molecule has 1 saturated heterocycles. The van der Waals surface area contributed by atoms with Crippen molar-refractivity contribution < 1.29 is 23.1 Å². The number of aliphatic carboxylic acids is 1. The molecule has 7 nitrogen and oxygen atoms in total. The molecule has 0 spiro atoms. The summed E-state index contributed by atoms with van der Waals surface area (Å²) in [7, 11) is 0. The number of anilines is 1. The highest BCUT2D eigenvalue weighted by Gasteiger charge is 2.37. The molecule has 2 heterocycles. The molecule has 0 aromatic carbocycles. The number of alkyl halides is 3. The molecule has 0 saturated carbocycles. The molecule has 1 aliphatic heterocycles. The molecule has 0 radical (unpaired) electrons. The summed E-state index contributed by atoms with van der Waals surface area (Å²) in [5.41, 5.74) is -2.95. The second kappa shape index (κ2) is 7.20. The normalized spacial score (nSPS) is 18.3. The van der Waals surface area contributed by atoms with Gasteiger partial charge in [-0.05, 0) is 32.9 Å². The lowest BCUT2D eigenvalue weighted by Crippen LogP contribution is -2.42. The molecule has 134 valence electrons. The van der Waals surface area contributed by atoms with Crippen LogP contribution in [0.3, 0.4) is 0 Å². The summed E-state index contributed by atoms with van der Waals surface area (Å²) in [6, 6.07) is -0.365. The minimum Gasteiger partial charge on any atom is -0.481 e. The Balaban J connectivity index is 1.99. The van der Waals surface area contributed by atoms with Gasteiger partial charge in [0.25, 0.3) is 5.56 Å².